The number of alkyl halides is 3. The number of nitrogens with zero attached hydrogens (tertiary/aromatic N) is 4. The molecule has 0 spiro atoms. The van der Waals surface area contributed by atoms with Gasteiger partial charge in [0.15, 0.2) is 0 Å². The number of aliphatic hydroxyl groups is 1. The summed E-state index contributed by atoms with van der Waals surface area (Å²) < 4.78 is 71.2. The molecular weight excluding hydrogens is 487 g/mol. The topological polar surface area (TPSA) is 82.7 Å². The van der Waals surface area contributed by atoms with Gasteiger partial charge in [0.25, 0.3) is 0 Å². The maximum absolute atomic E-state index is 14.9. The minimum absolute atomic E-state index is 0.00727. The Morgan fingerprint density at radius 3 is 2.53 bits per heavy atom. The summed E-state index contributed by atoms with van der Waals surface area (Å²) >= 11 is 5.86. The highest BCUT2D eigenvalue weighted by atomic mass is 35.5. The lowest BCUT2D eigenvalue weighted by molar-refractivity contribution is -0.156. The van der Waals surface area contributed by atoms with E-state index in [9.17, 15) is 31.9 Å². The molecule has 4 rings (SSSR count). The molecule has 1 aliphatic rings. The van der Waals surface area contributed by atoms with Gasteiger partial charge in [0.1, 0.15) is 11.6 Å². The molecule has 2 amide bonds. The summed E-state index contributed by atoms with van der Waals surface area (Å²) in [6.45, 7) is 0.0348. The predicted molar refractivity (Wildman–Crippen MR) is 110 cm³/mol. The molecule has 13 heteroatoms. The Labute approximate surface area is 194 Å². The van der Waals surface area contributed by atoms with Crippen LogP contribution >= 0.6 is 11.6 Å². The van der Waals surface area contributed by atoms with Gasteiger partial charge in [-0.25, -0.2) is 13.6 Å². The molecule has 2 aromatic carbocycles. The number of likely N-dealkylation sites (tertiary alicyclic amines) is 1. The standard InChI is InChI=1S/C21H16ClF5N4O3/c22-15-8-13(3-4-16(15)23)31(20(33)30-6-5-14(32)10-30)9-12-2-1-11(7-17(12)24)18-28-29-19(34-18)21(25,26)27/h1-4,7-8,14,32H,5-6,9-10H2. The monoisotopic (exact) mass is 502 g/mol. The lowest BCUT2D eigenvalue weighted by Crippen LogP contribution is -2.42. The largest absolute Gasteiger partial charge is 0.470 e. The zero-order chi connectivity index (χ0) is 24.6. The van der Waals surface area contributed by atoms with E-state index < -0.39 is 41.7 Å². The van der Waals surface area contributed by atoms with Crippen molar-refractivity contribution >= 4 is 23.3 Å². The third-order valence-corrected chi connectivity index (χ3v) is 5.47. The van der Waals surface area contributed by atoms with Gasteiger partial charge >= 0.3 is 18.1 Å². The minimum Gasteiger partial charge on any atom is -0.413 e. The highest BCUT2D eigenvalue weighted by Gasteiger charge is 2.38. The van der Waals surface area contributed by atoms with Gasteiger partial charge in [-0.1, -0.05) is 17.7 Å². The van der Waals surface area contributed by atoms with E-state index >= 15 is 0 Å². The summed E-state index contributed by atoms with van der Waals surface area (Å²) in [5.41, 5.74) is 0.107. The number of aliphatic hydroxyl groups excluding tert-OH is 1. The van der Waals surface area contributed by atoms with Crippen LogP contribution in [0.25, 0.3) is 11.5 Å². The van der Waals surface area contributed by atoms with Crippen molar-refractivity contribution in [1.82, 2.24) is 15.1 Å². The molecule has 34 heavy (non-hydrogen) atoms. The maximum Gasteiger partial charge on any atom is 0.470 e. The Hall–Kier alpha value is -3.25. The molecule has 2 heterocycles. The molecular formula is C21H16ClF5N4O3. The van der Waals surface area contributed by atoms with Crippen molar-refractivity contribution in [3.8, 4) is 11.5 Å². The molecule has 1 fully saturated rings. The number of rotatable bonds is 4. The second-order valence-corrected chi connectivity index (χ2v) is 7.98. The summed E-state index contributed by atoms with van der Waals surface area (Å²) in [4.78, 5) is 15.7. The zero-order valence-electron chi connectivity index (χ0n) is 17.2. The van der Waals surface area contributed by atoms with Crippen LogP contribution in [0.5, 0.6) is 0 Å². The summed E-state index contributed by atoms with van der Waals surface area (Å²) in [5.74, 6) is -3.65. The fraction of sp³-hybridized carbons (Fsp3) is 0.286. The summed E-state index contributed by atoms with van der Waals surface area (Å²) in [7, 11) is 0. The molecule has 0 radical (unpaired) electrons. The molecule has 1 aliphatic heterocycles. The summed E-state index contributed by atoms with van der Waals surface area (Å²) in [5, 5.41) is 15.7. The van der Waals surface area contributed by atoms with Gasteiger partial charge in [0.05, 0.1) is 17.7 Å². The maximum atomic E-state index is 14.9. The quantitative estimate of drug-likeness (QED) is 0.514. The van der Waals surface area contributed by atoms with E-state index in [1.807, 2.05) is 0 Å². The van der Waals surface area contributed by atoms with Crippen LogP contribution in [0.1, 0.15) is 17.9 Å². The minimum atomic E-state index is -4.84. The highest BCUT2D eigenvalue weighted by Crippen LogP contribution is 2.31. The number of hydrogen-bond acceptors (Lipinski definition) is 5. The van der Waals surface area contributed by atoms with Crippen molar-refractivity contribution < 1.29 is 36.3 Å². The van der Waals surface area contributed by atoms with Crippen LogP contribution in [0.4, 0.5) is 32.4 Å². The van der Waals surface area contributed by atoms with Crippen LogP contribution < -0.4 is 4.90 Å². The van der Waals surface area contributed by atoms with Crippen LogP contribution in [-0.2, 0) is 12.7 Å². The van der Waals surface area contributed by atoms with Gasteiger partial charge in [-0.2, -0.15) is 13.2 Å². The Kier molecular flexibility index (Phi) is 6.45. The lowest BCUT2D eigenvalue weighted by Gasteiger charge is -2.28. The Morgan fingerprint density at radius 1 is 1.18 bits per heavy atom. The smallest absolute Gasteiger partial charge is 0.413 e. The molecule has 7 nitrogen and oxygen atoms in total. The number of urea groups is 1. The molecule has 180 valence electrons. The first-order valence-corrected chi connectivity index (χ1v) is 10.3. The van der Waals surface area contributed by atoms with Crippen LogP contribution in [0, 0.1) is 11.6 Å². The number of halogens is 6. The first kappa shape index (κ1) is 23.9. The van der Waals surface area contributed by atoms with Crippen molar-refractivity contribution in [1.29, 1.82) is 0 Å². The predicted octanol–water partition coefficient (Wildman–Crippen LogP) is 4.88. The number of benzene rings is 2. The Balaban J connectivity index is 1.63. The van der Waals surface area contributed by atoms with Crippen molar-refractivity contribution in [3.63, 3.8) is 0 Å². The van der Waals surface area contributed by atoms with Crippen LogP contribution in [0.15, 0.2) is 40.8 Å². The van der Waals surface area contributed by atoms with E-state index in [1.54, 1.807) is 0 Å². The Bertz CT molecular complexity index is 1220. The van der Waals surface area contributed by atoms with E-state index in [1.165, 1.54) is 29.2 Å². The number of aromatic nitrogens is 2. The molecule has 3 aromatic rings. The molecule has 1 saturated heterocycles. The van der Waals surface area contributed by atoms with Gasteiger partial charge in [0.2, 0.25) is 5.89 Å². The molecule has 0 bridgehead atoms. The fourth-order valence-electron chi connectivity index (χ4n) is 3.44. The van der Waals surface area contributed by atoms with Crippen molar-refractivity contribution in [2.75, 3.05) is 18.0 Å². The Morgan fingerprint density at radius 2 is 1.94 bits per heavy atom. The number of carbonyl (C=O) groups excluding carboxylic acids is 1. The molecule has 0 saturated carbocycles. The van der Waals surface area contributed by atoms with Gasteiger partial charge in [-0.15, -0.1) is 10.2 Å². The number of amides is 2. The van der Waals surface area contributed by atoms with Crippen molar-refractivity contribution in [3.05, 3.63) is 64.5 Å². The second kappa shape index (κ2) is 9.18. The number of anilines is 1. The van der Waals surface area contributed by atoms with Crippen LogP contribution in [-0.4, -0.2) is 45.4 Å². The molecule has 1 atom stereocenters. The zero-order valence-corrected chi connectivity index (χ0v) is 17.9. The first-order chi connectivity index (χ1) is 16.0. The first-order valence-electron chi connectivity index (χ1n) is 9.92. The van der Waals surface area contributed by atoms with Crippen LogP contribution in [0.2, 0.25) is 5.02 Å². The van der Waals surface area contributed by atoms with Crippen molar-refractivity contribution in [2.24, 2.45) is 0 Å². The van der Waals surface area contributed by atoms with E-state index in [0.29, 0.717) is 6.42 Å². The summed E-state index contributed by atoms with van der Waals surface area (Å²) in [6, 6.07) is 6.44. The van der Waals surface area contributed by atoms with Gasteiger partial charge in [0, 0.05) is 29.9 Å². The van der Waals surface area contributed by atoms with Crippen LogP contribution in [0.3, 0.4) is 0 Å². The fourth-order valence-corrected chi connectivity index (χ4v) is 3.62. The third-order valence-electron chi connectivity index (χ3n) is 5.18. The van der Waals surface area contributed by atoms with Gasteiger partial charge in [-0.05, 0) is 36.8 Å². The molecule has 0 aliphatic carbocycles. The average Bonchev–Trinajstić information content (AvgIpc) is 3.44. The normalized spacial score (nSPS) is 16.2. The summed E-state index contributed by atoms with van der Waals surface area (Å²) in [6.07, 6.45) is -5.17. The highest BCUT2D eigenvalue weighted by molar-refractivity contribution is 6.31. The third kappa shape index (κ3) is 4.97. The molecule has 1 N–H and O–H groups in total. The SMILES string of the molecule is O=C(N1CCC(O)C1)N(Cc1ccc(-c2nnc(C(F)(F)F)o2)cc1F)c1ccc(F)c(Cl)c1. The van der Waals surface area contributed by atoms with Crippen molar-refractivity contribution in [2.45, 2.75) is 25.2 Å². The second-order valence-electron chi connectivity index (χ2n) is 7.57. The number of carbonyl (C=O) groups is 1. The lowest BCUT2D eigenvalue weighted by atomic mass is 10.1. The number of hydrogen-bond donors (Lipinski definition) is 1. The number of β-amino-alcohol motifs (C(OH)–C–C–N with tert-alkyl or cyclic N) is 1. The van der Waals surface area contributed by atoms with E-state index in [0.717, 1.165) is 17.0 Å². The van der Waals surface area contributed by atoms with E-state index in [4.69, 9.17) is 11.6 Å². The van der Waals surface area contributed by atoms with Gasteiger partial charge in [-0.3, -0.25) is 4.90 Å². The average molecular weight is 503 g/mol. The van der Waals surface area contributed by atoms with E-state index in [-0.39, 0.29) is 41.5 Å². The van der Waals surface area contributed by atoms with E-state index in [2.05, 4.69) is 14.6 Å². The van der Waals surface area contributed by atoms with Gasteiger partial charge < -0.3 is 14.4 Å². The molecule has 1 unspecified atom stereocenters. The molecule has 1 aromatic heterocycles.